The molecule has 11 nitrogen and oxygen atoms in total. The van der Waals surface area contributed by atoms with Gasteiger partial charge in [-0.15, -0.1) is 0 Å². The third-order valence-corrected chi connectivity index (χ3v) is 10.4. The molecule has 0 saturated carbocycles. The fourth-order valence-electron chi connectivity index (χ4n) is 7.36. The van der Waals surface area contributed by atoms with Crippen LogP contribution in [-0.4, -0.2) is 60.2 Å². The van der Waals surface area contributed by atoms with Crippen molar-refractivity contribution in [2.75, 3.05) is 18.4 Å². The van der Waals surface area contributed by atoms with Crippen molar-refractivity contribution in [2.24, 2.45) is 5.41 Å². The standard InChI is InChI=1S/C42H43N7O4/c1-24(50)9-6-10-28-18-35-37(44-21-28)39(46-27(4)45-35)47-34-14-8-12-32(26(34)3)31-11-7-13-33(25(31)2)40-48-36-19-29(17-30(20-43)38(36)53-40)22-49-16-15-42(5,23-49)41(51)52/h7-8,11-14,17-19,21,24,50H,6,9-10,15-16,22-23H2,1-5H3,(H,51,52)(H,45,46,47)/t24-,42+/m0/s1. The van der Waals surface area contributed by atoms with E-state index in [1.54, 1.807) is 13.8 Å². The van der Waals surface area contributed by atoms with Crippen molar-refractivity contribution in [1.29, 1.82) is 5.26 Å². The molecular formula is C42H43N7O4. The smallest absolute Gasteiger partial charge is 0.310 e. The lowest BCUT2D eigenvalue weighted by atomic mass is 9.90. The fourth-order valence-corrected chi connectivity index (χ4v) is 7.36. The van der Waals surface area contributed by atoms with Crippen molar-refractivity contribution in [1.82, 2.24) is 24.8 Å². The molecule has 1 saturated heterocycles. The Kier molecular flexibility index (Phi) is 9.68. The van der Waals surface area contributed by atoms with Crippen LogP contribution in [0.3, 0.4) is 0 Å². The zero-order valence-electron chi connectivity index (χ0n) is 30.7. The number of aliphatic carboxylic acids is 1. The van der Waals surface area contributed by atoms with Gasteiger partial charge in [-0.3, -0.25) is 14.7 Å². The highest BCUT2D eigenvalue weighted by molar-refractivity contribution is 5.90. The van der Waals surface area contributed by atoms with Gasteiger partial charge in [-0.2, -0.15) is 5.26 Å². The topological polar surface area (TPSA) is 161 Å². The van der Waals surface area contributed by atoms with E-state index in [1.807, 2.05) is 56.4 Å². The number of nitrogens with one attached hydrogen (secondary N) is 1. The number of nitrogens with zero attached hydrogens (tertiary/aromatic N) is 6. The number of aromatic nitrogens is 4. The lowest BCUT2D eigenvalue weighted by molar-refractivity contribution is -0.147. The fraction of sp³-hybridized carbons (Fsp3) is 0.333. The number of aryl methyl sites for hydroxylation is 2. The zero-order valence-corrected chi connectivity index (χ0v) is 30.7. The summed E-state index contributed by atoms with van der Waals surface area (Å²) >= 11 is 0. The Morgan fingerprint density at radius 2 is 1.75 bits per heavy atom. The molecule has 2 atom stereocenters. The summed E-state index contributed by atoms with van der Waals surface area (Å²) in [6, 6.07) is 20.3. The molecule has 3 aromatic heterocycles. The monoisotopic (exact) mass is 709 g/mol. The summed E-state index contributed by atoms with van der Waals surface area (Å²) in [5, 5.41) is 32.9. The van der Waals surface area contributed by atoms with Crippen molar-refractivity contribution in [2.45, 2.75) is 73.0 Å². The predicted molar refractivity (Wildman–Crippen MR) is 205 cm³/mol. The van der Waals surface area contributed by atoms with E-state index in [2.05, 4.69) is 46.4 Å². The maximum Gasteiger partial charge on any atom is 0.310 e. The maximum atomic E-state index is 11.8. The lowest BCUT2D eigenvalue weighted by Gasteiger charge is -2.20. The molecule has 7 rings (SSSR count). The summed E-state index contributed by atoms with van der Waals surface area (Å²) in [7, 11) is 0. The number of nitriles is 1. The molecule has 6 aromatic rings. The van der Waals surface area contributed by atoms with Crippen LogP contribution in [0.4, 0.5) is 11.5 Å². The van der Waals surface area contributed by atoms with Gasteiger partial charge in [0.15, 0.2) is 11.4 Å². The van der Waals surface area contributed by atoms with E-state index in [4.69, 9.17) is 19.4 Å². The van der Waals surface area contributed by atoms with Gasteiger partial charge >= 0.3 is 5.97 Å². The summed E-state index contributed by atoms with van der Waals surface area (Å²) in [4.78, 5) is 32.9. The number of fused-ring (bicyclic) bond motifs is 2. The lowest BCUT2D eigenvalue weighted by Crippen LogP contribution is -2.31. The van der Waals surface area contributed by atoms with Crippen LogP contribution in [0, 0.1) is 37.5 Å². The molecule has 270 valence electrons. The first kappa shape index (κ1) is 35.7. The number of anilines is 2. The Balaban J connectivity index is 1.17. The van der Waals surface area contributed by atoms with Gasteiger partial charge < -0.3 is 19.9 Å². The molecule has 0 unspecified atom stereocenters. The van der Waals surface area contributed by atoms with E-state index in [-0.39, 0.29) is 6.10 Å². The van der Waals surface area contributed by atoms with E-state index in [0.717, 1.165) is 69.4 Å². The molecule has 3 aromatic carbocycles. The third kappa shape index (κ3) is 7.20. The van der Waals surface area contributed by atoms with E-state index < -0.39 is 11.4 Å². The normalized spacial score (nSPS) is 16.6. The average Bonchev–Trinajstić information content (AvgIpc) is 3.72. The highest BCUT2D eigenvalue weighted by Crippen LogP contribution is 2.38. The second-order valence-corrected chi connectivity index (χ2v) is 14.6. The first-order chi connectivity index (χ1) is 25.4. The molecule has 4 heterocycles. The molecule has 1 aliphatic heterocycles. The Bertz CT molecular complexity index is 2410. The number of carboxylic acid groups (broad SMARTS) is 1. The molecule has 1 fully saturated rings. The van der Waals surface area contributed by atoms with Gasteiger partial charge in [-0.25, -0.2) is 15.0 Å². The second kappa shape index (κ2) is 14.4. The number of rotatable bonds is 11. The van der Waals surface area contributed by atoms with Gasteiger partial charge in [0.25, 0.3) is 0 Å². The molecule has 3 N–H and O–H groups in total. The Morgan fingerprint density at radius 3 is 2.49 bits per heavy atom. The Morgan fingerprint density at radius 1 is 1.02 bits per heavy atom. The van der Waals surface area contributed by atoms with Gasteiger partial charge in [0.2, 0.25) is 5.89 Å². The highest BCUT2D eigenvalue weighted by atomic mass is 16.4. The summed E-state index contributed by atoms with van der Waals surface area (Å²) in [5.41, 5.74) is 9.86. The minimum atomic E-state index is -0.785. The number of benzene rings is 3. The zero-order chi connectivity index (χ0) is 37.4. The van der Waals surface area contributed by atoms with Crippen LogP contribution in [0.1, 0.15) is 66.8 Å². The van der Waals surface area contributed by atoms with Crippen LogP contribution in [0.15, 0.2) is 65.2 Å². The number of hydrogen-bond acceptors (Lipinski definition) is 10. The summed E-state index contributed by atoms with van der Waals surface area (Å²) in [6.07, 6.45) is 4.55. The average molecular weight is 710 g/mol. The summed E-state index contributed by atoms with van der Waals surface area (Å²) in [5.74, 6) is 0.919. The number of oxazole rings is 1. The molecule has 1 aliphatic rings. The van der Waals surface area contributed by atoms with Crippen LogP contribution in [-0.2, 0) is 17.8 Å². The molecule has 11 heteroatoms. The highest BCUT2D eigenvalue weighted by Gasteiger charge is 2.40. The molecule has 53 heavy (non-hydrogen) atoms. The first-order valence-electron chi connectivity index (χ1n) is 18.0. The van der Waals surface area contributed by atoms with Crippen LogP contribution < -0.4 is 5.32 Å². The van der Waals surface area contributed by atoms with Crippen LogP contribution in [0.25, 0.3) is 44.7 Å². The quantitative estimate of drug-likeness (QED) is 0.119. The van der Waals surface area contributed by atoms with Crippen LogP contribution in [0.2, 0.25) is 0 Å². The van der Waals surface area contributed by atoms with Gasteiger partial charge in [0, 0.05) is 30.5 Å². The van der Waals surface area contributed by atoms with E-state index in [0.29, 0.717) is 65.8 Å². The minimum Gasteiger partial charge on any atom is -0.481 e. The molecule has 0 aliphatic carbocycles. The molecule has 0 bridgehead atoms. The van der Waals surface area contributed by atoms with E-state index >= 15 is 0 Å². The van der Waals surface area contributed by atoms with Gasteiger partial charge in [0.1, 0.15) is 22.9 Å². The number of aliphatic hydroxyl groups excluding tert-OH is 1. The number of hydrogen-bond donors (Lipinski definition) is 3. The summed E-state index contributed by atoms with van der Waals surface area (Å²) in [6.45, 7) is 11.2. The van der Waals surface area contributed by atoms with Crippen molar-refractivity contribution in [3.05, 3.63) is 94.4 Å². The van der Waals surface area contributed by atoms with Gasteiger partial charge in [-0.05, 0) is 131 Å². The van der Waals surface area contributed by atoms with Crippen molar-refractivity contribution in [3.63, 3.8) is 0 Å². The van der Waals surface area contributed by atoms with Crippen LogP contribution in [0.5, 0.6) is 0 Å². The second-order valence-electron chi connectivity index (χ2n) is 14.6. The van der Waals surface area contributed by atoms with Crippen LogP contribution >= 0.6 is 0 Å². The first-order valence-corrected chi connectivity index (χ1v) is 18.0. The number of aliphatic hydroxyl groups is 1. The maximum absolute atomic E-state index is 11.8. The number of pyridine rings is 1. The molecule has 0 radical (unpaired) electrons. The van der Waals surface area contributed by atoms with Crippen molar-refractivity contribution < 1.29 is 19.4 Å². The van der Waals surface area contributed by atoms with E-state index in [9.17, 15) is 20.3 Å². The van der Waals surface area contributed by atoms with Crippen molar-refractivity contribution >= 4 is 39.6 Å². The minimum absolute atomic E-state index is 0.324. The molecule has 0 amide bonds. The Hall–Kier alpha value is -5.70. The number of carboxylic acids is 1. The Labute approximate surface area is 308 Å². The molecular weight excluding hydrogens is 667 g/mol. The summed E-state index contributed by atoms with van der Waals surface area (Å²) < 4.78 is 6.29. The number of likely N-dealkylation sites (tertiary alicyclic amines) is 1. The predicted octanol–water partition coefficient (Wildman–Crippen LogP) is 8.04. The van der Waals surface area contributed by atoms with Crippen molar-refractivity contribution in [3.8, 4) is 28.7 Å². The molecule has 0 spiro atoms. The third-order valence-electron chi connectivity index (χ3n) is 10.4. The SMILES string of the molecule is Cc1nc(Nc2cccc(-c3cccc(-c4nc5cc(CN6CC[C@@](C)(C(=O)O)C6)cc(C#N)c5o4)c3C)c2C)c2ncc(CCC[C@H](C)O)cc2n1. The van der Waals surface area contributed by atoms with E-state index in [1.165, 1.54) is 0 Å². The van der Waals surface area contributed by atoms with Gasteiger partial charge in [0.05, 0.1) is 22.6 Å². The number of carbonyl (C=O) groups is 1. The largest absolute Gasteiger partial charge is 0.481 e. The van der Waals surface area contributed by atoms with Gasteiger partial charge in [-0.1, -0.05) is 24.3 Å².